The molecular formula is C23H25Cl2N5O2. The molecule has 1 fully saturated rings. The third-order valence-electron chi connectivity index (χ3n) is 6.04. The van der Waals surface area contributed by atoms with E-state index in [1.165, 1.54) is 0 Å². The molecule has 32 heavy (non-hydrogen) atoms. The number of fused-ring (bicyclic) bond motifs is 2. The van der Waals surface area contributed by atoms with E-state index in [1.807, 2.05) is 35.7 Å². The van der Waals surface area contributed by atoms with E-state index >= 15 is 0 Å². The highest BCUT2D eigenvalue weighted by Crippen LogP contribution is 2.38. The second kappa shape index (κ2) is 8.90. The molecule has 1 saturated heterocycles. The number of aromatic nitrogens is 2. The predicted octanol–water partition coefficient (Wildman–Crippen LogP) is 3.85. The van der Waals surface area contributed by atoms with Crippen LogP contribution in [0.4, 0.5) is 5.69 Å². The molecule has 9 heteroatoms. The van der Waals surface area contributed by atoms with Crippen molar-refractivity contribution in [3.8, 4) is 17.0 Å². The predicted molar refractivity (Wildman–Crippen MR) is 127 cm³/mol. The summed E-state index contributed by atoms with van der Waals surface area (Å²) < 4.78 is 7.64. The summed E-state index contributed by atoms with van der Waals surface area (Å²) in [5.41, 5.74) is 4.22. The van der Waals surface area contributed by atoms with Crippen LogP contribution in [0.25, 0.3) is 16.9 Å². The zero-order valence-corrected chi connectivity index (χ0v) is 19.4. The van der Waals surface area contributed by atoms with E-state index in [9.17, 15) is 4.79 Å². The third kappa shape index (κ3) is 3.94. The Kier molecular flexibility index (Phi) is 5.99. The van der Waals surface area contributed by atoms with E-state index in [1.54, 1.807) is 11.0 Å². The first kappa shape index (κ1) is 21.5. The summed E-state index contributed by atoms with van der Waals surface area (Å²) in [4.78, 5) is 21.4. The fourth-order valence-corrected chi connectivity index (χ4v) is 4.98. The molecule has 1 amide bonds. The summed E-state index contributed by atoms with van der Waals surface area (Å²) in [5.74, 6) is 0.666. The van der Waals surface area contributed by atoms with Crippen molar-refractivity contribution in [2.75, 3.05) is 44.2 Å². The molecule has 2 aromatic heterocycles. The topological polar surface area (TPSA) is 62.1 Å². The first-order valence-corrected chi connectivity index (χ1v) is 11.7. The highest BCUT2D eigenvalue weighted by atomic mass is 35.5. The van der Waals surface area contributed by atoms with E-state index in [-0.39, 0.29) is 12.5 Å². The lowest BCUT2D eigenvalue weighted by atomic mass is 10.1. The summed E-state index contributed by atoms with van der Waals surface area (Å²) >= 11 is 12.9. The molecule has 0 saturated carbocycles. The van der Waals surface area contributed by atoms with Crippen LogP contribution in [0.2, 0.25) is 10.0 Å². The molecule has 0 spiro atoms. The van der Waals surface area contributed by atoms with Crippen LogP contribution >= 0.6 is 23.2 Å². The molecule has 0 aliphatic carbocycles. The molecule has 168 valence electrons. The van der Waals surface area contributed by atoms with Crippen molar-refractivity contribution in [1.29, 1.82) is 0 Å². The Morgan fingerprint density at radius 2 is 2.06 bits per heavy atom. The number of nitrogens with one attached hydrogen (secondary N) is 1. The van der Waals surface area contributed by atoms with Crippen molar-refractivity contribution < 1.29 is 9.53 Å². The zero-order chi connectivity index (χ0) is 22.2. The minimum atomic E-state index is -0.0423. The number of hydrogen-bond acceptors (Lipinski definition) is 5. The van der Waals surface area contributed by atoms with E-state index in [0.717, 1.165) is 61.8 Å². The minimum absolute atomic E-state index is 0.0423. The molecule has 5 rings (SSSR count). The highest BCUT2D eigenvalue weighted by molar-refractivity contribution is 6.36. The number of nitrogens with zero attached hydrogens (tertiary/aromatic N) is 4. The van der Waals surface area contributed by atoms with Crippen molar-refractivity contribution in [2.24, 2.45) is 0 Å². The molecule has 0 radical (unpaired) electrons. The maximum atomic E-state index is 12.4. The van der Waals surface area contributed by atoms with Gasteiger partial charge in [0.25, 0.3) is 5.91 Å². The number of likely N-dealkylation sites (N-methyl/N-ethyl adjacent to an activating group) is 1. The monoisotopic (exact) mass is 473 g/mol. The van der Waals surface area contributed by atoms with Crippen LogP contribution < -0.4 is 15.0 Å². The van der Waals surface area contributed by atoms with Gasteiger partial charge in [0.05, 0.1) is 27.1 Å². The number of carbonyl (C=O) groups excluding carboxylic acids is 1. The third-order valence-corrected chi connectivity index (χ3v) is 6.52. The van der Waals surface area contributed by atoms with Gasteiger partial charge in [0, 0.05) is 37.9 Å². The zero-order valence-electron chi connectivity index (χ0n) is 17.9. The van der Waals surface area contributed by atoms with Crippen LogP contribution in [0.5, 0.6) is 5.75 Å². The lowest BCUT2D eigenvalue weighted by Gasteiger charge is -2.28. The Morgan fingerprint density at radius 1 is 1.19 bits per heavy atom. The summed E-state index contributed by atoms with van der Waals surface area (Å²) in [7, 11) is 0. The second-order valence-electron chi connectivity index (χ2n) is 8.10. The lowest BCUT2D eigenvalue weighted by Crippen LogP contribution is -2.38. The summed E-state index contributed by atoms with van der Waals surface area (Å²) in [5, 5.41) is 4.52. The number of anilines is 1. The number of rotatable bonds is 4. The van der Waals surface area contributed by atoms with Crippen LogP contribution in [-0.2, 0) is 11.3 Å². The molecule has 3 aromatic rings. The summed E-state index contributed by atoms with van der Waals surface area (Å²) in [6.45, 7) is 7.28. The number of pyridine rings is 1. The number of hydrogen-bond donors (Lipinski definition) is 1. The Hall–Kier alpha value is -2.32. The molecule has 1 N–H and O–H groups in total. The normalized spacial score (nSPS) is 17.3. The molecule has 0 bridgehead atoms. The van der Waals surface area contributed by atoms with Gasteiger partial charge in [0.1, 0.15) is 5.75 Å². The number of ether oxygens (including phenoxy) is 1. The Labute approximate surface area is 196 Å². The second-order valence-corrected chi connectivity index (χ2v) is 8.94. The van der Waals surface area contributed by atoms with Crippen LogP contribution in [0.15, 0.2) is 30.5 Å². The molecular weight excluding hydrogens is 449 g/mol. The lowest BCUT2D eigenvalue weighted by molar-refractivity contribution is -0.121. The summed E-state index contributed by atoms with van der Waals surface area (Å²) in [6.07, 6.45) is 2.96. The Bertz CT molecular complexity index is 1170. The van der Waals surface area contributed by atoms with E-state index in [0.29, 0.717) is 28.0 Å². The first-order chi connectivity index (χ1) is 15.5. The van der Waals surface area contributed by atoms with Gasteiger partial charge in [-0.2, -0.15) is 0 Å². The van der Waals surface area contributed by atoms with Crippen molar-refractivity contribution in [2.45, 2.75) is 19.9 Å². The van der Waals surface area contributed by atoms with Gasteiger partial charge in [0.2, 0.25) is 0 Å². The van der Waals surface area contributed by atoms with E-state index in [2.05, 4.69) is 10.2 Å². The van der Waals surface area contributed by atoms with Gasteiger partial charge in [-0.15, -0.1) is 0 Å². The molecule has 4 heterocycles. The quantitative estimate of drug-likeness (QED) is 0.623. The number of amides is 1. The van der Waals surface area contributed by atoms with Crippen molar-refractivity contribution in [3.05, 3.63) is 46.2 Å². The van der Waals surface area contributed by atoms with Gasteiger partial charge in [-0.05, 0) is 50.7 Å². The van der Waals surface area contributed by atoms with Gasteiger partial charge in [0.15, 0.2) is 12.3 Å². The smallest absolute Gasteiger partial charge is 0.265 e. The molecule has 7 nitrogen and oxygen atoms in total. The highest BCUT2D eigenvalue weighted by Gasteiger charge is 2.26. The average molecular weight is 474 g/mol. The standard InChI is InChI=1S/C23H25Cl2N5O2/c1-2-29-18-10-15(4-5-20(18)32-14-21(29)31)22-19(13-28-8-3-6-26-7-9-28)30-12-16(24)11-17(25)23(30)27-22/h4-5,10-12,26H,2-3,6-9,13-14H2,1H3. The SMILES string of the molecule is CCN1C(=O)COc2ccc(-c3nc4c(Cl)cc(Cl)cn4c3CN3CCCNCC3)cc21. The van der Waals surface area contributed by atoms with Gasteiger partial charge >= 0.3 is 0 Å². The first-order valence-electron chi connectivity index (χ1n) is 10.9. The summed E-state index contributed by atoms with van der Waals surface area (Å²) in [6, 6.07) is 7.61. The van der Waals surface area contributed by atoms with Crippen molar-refractivity contribution >= 4 is 40.4 Å². The molecule has 2 aliphatic rings. The molecule has 1 aromatic carbocycles. The van der Waals surface area contributed by atoms with Crippen LogP contribution in [0, 0.1) is 0 Å². The molecule has 0 atom stereocenters. The van der Waals surface area contributed by atoms with E-state index < -0.39 is 0 Å². The van der Waals surface area contributed by atoms with Gasteiger partial charge in [-0.25, -0.2) is 4.98 Å². The number of imidazole rings is 1. The Morgan fingerprint density at radius 3 is 2.91 bits per heavy atom. The van der Waals surface area contributed by atoms with Gasteiger partial charge < -0.3 is 15.0 Å². The molecule has 2 aliphatic heterocycles. The number of carbonyl (C=O) groups is 1. The van der Waals surface area contributed by atoms with Gasteiger partial charge in [-0.1, -0.05) is 23.2 Å². The maximum absolute atomic E-state index is 12.4. The van der Waals surface area contributed by atoms with E-state index in [4.69, 9.17) is 32.9 Å². The number of halogens is 2. The molecule has 0 unspecified atom stereocenters. The van der Waals surface area contributed by atoms with Crippen molar-refractivity contribution in [1.82, 2.24) is 19.6 Å². The maximum Gasteiger partial charge on any atom is 0.265 e. The average Bonchev–Trinajstić information content (AvgIpc) is 2.95. The Balaban J connectivity index is 1.64. The number of benzene rings is 1. The van der Waals surface area contributed by atoms with Crippen molar-refractivity contribution in [3.63, 3.8) is 0 Å². The van der Waals surface area contributed by atoms with Crippen LogP contribution in [-0.4, -0.2) is 59.5 Å². The largest absolute Gasteiger partial charge is 0.482 e. The minimum Gasteiger partial charge on any atom is -0.482 e. The van der Waals surface area contributed by atoms with Crippen LogP contribution in [0.3, 0.4) is 0 Å². The fourth-order valence-electron chi connectivity index (χ4n) is 4.47. The fraction of sp³-hybridized carbons (Fsp3) is 0.391. The van der Waals surface area contributed by atoms with Crippen LogP contribution in [0.1, 0.15) is 19.0 Å². The van der Waals surface area contributed by atoms with Gasteiger partial charge in [-0.3, -0.25) is 14.1 Å².